The second-order valence-electron chi connectivity index (χ2n) is 5.89. The van der Waals surface area contributed by atoms with Gasteiger partial charge in [0.15, 0.2) is 0 Å². The van der Waals surface area contributed by atoms with Crippen LogP contribution in [0.15, 0.2) is 0 Å². The maximum absolute atomic E-state index is 5.67. The quantitative estimate of drug-likeness (QED) is 0.791. The summed E-state index contributed by atoms with van der Waals surface area (Å²) in [6.07, 6.45) is 8.70. The van der Waals surface area contributed by atoms with E-state index in [1.807, 2.05) is 0 Å². The van der Waals surface area contributed by atoms with Crippen molar-refractivity contribution < 1.29 is 9.47 Å². The van der Waals surface area contributed by atoms with E-state index in [4.69, 9.17) is 9.47 Å². The van der Waals surface area contributed by atoms with Gasteiger partial charge in [-0.1, -0.05) is 19.3 Å². The summed E-state index contributed by atoms with van der Waals surface area (Å²) in [5.41, 5.74) is 0. The Kier molecular flexibility index (Phi) is 5.46. The number of hydrogen-bond acceptors (Lipinski definition) is 3. The van der Waals surface area contributed by atoms with E-state index in [1.54, 1.807) is 7.11 Å². The van der Waals surface area contributed by atoms with Gasteiger partial charge < -0.3 is 14.8 Å². The van der Waals surface area contributed by atoms with Crippen LogP contribution < -0.4 is 5.32 Å². The lowest BCUT2D eigenvalue weighted by atomic mass is 9.81. The third-order valence-corrected chi connectivity index (χ3v) is 4.74. The zero-order chi connectivity index (χ0) is 13.0. The first-order valence-electron chi connectivity index (χ1n) is 7.66. The smallest absolute Gasteiger partial charge is 0.0986 e. The lowest BCUT2D eigenvalue weighted by Gasteiger charge is -2.45. The summed E-state index contributed by atoms with van der Waals surface area (Å²) in [5, 5.41) is 3.77. The Bertz CT molecular complexity index is 241. The number of rotatable bonds is 6. The topological polar surface area (TPSA) is 30.5 Å². The molecular weight excluding hydrogens is 226 g/mol. The van der Waals surface area contributed by atoms with Gasteiger partial charge in [-0.25, -0.2) is 0 Å². The van der Waals surface area contributed by atoms with Crippen LogP contribution in [0.2, 0.25) is 0 Å². The lowest BCUT2D eigenvalue weighted by molar-refractivity contribution is -0.134. The monoisotopic (exact) mass is 255 g/mol. The van der Waals surface area contributed by atoms with Crippen LogP contribution in [-0.4, -0.2) is 38.0 Å². The van der Waals surface area contributed by atoms with Crippen molar-refractivity contribution in [2.75, 3.05) is 13.7 Å². The van der Waals surface area contributed by atoms with E-state index in [0.29, 0.717) is 18.2 Å². The fourth-order valence-corrected chi connectivity index (χ4v) is 3.55. The van der Waals surface area contributed by atoms with Gasteiger partial charge in [-0.15, -0.1) is 0 Å². The van der Waals surface area contributed by atoms with E-state index in [0.717, 1.165) is 18.9 Å². The highest BCUT2D eigenvalue weighted by molar-refractivity contribution is 4.98. The molecule has 3 heteroatoms. The Balaban J connectivity index is 1.75. The largest absolute Gasteiger partial charge is 0.377 e. The van der Waals surface area contributed by atoms with Gasteiger partial charge in [-0.3, -0.25) is 0 Å². The summed E-state index contributed by atoms with van der Waals surface area (Å²) >= 11 is 0. The molecule has 0 saturated heterocycles. The third kappa shape index (κ3) is 3.25. The highest BCUT2D eigenvalue weighted by Gasteiger charge is 2.43. The fraction of sp³-hybridized carbons (Fsp3) is 1.00. The molecule has 2 aliphatic rings. The second-order valence-corrected chi connectivity index (χ2v) is 5.89. The molecule has 0 aromatic carbocycles. The van der Waals surface area contributed by atoms with Crippen LogP contribution in [0.5, 0.6) is 0 Å². The van der Waals surface area contributed by atoms with Crippen LogP contribution in [-0.2, 0) is 9.47 Å². The van der Waals surface area contributed by atoms with E-state index in [-0.39, 0.29) is 6.10 Å². The van der Waals surface area contributed by atoms with E-state index < -0.39 is 0 Å². The van der Waals surface area contributed by atoms with E-state index in [2.05, 4.69) is 19.2 Å². The molecule has 2 fully saturated rings. The molecule has 0 bridgehead atoms. The van der Waals surface area contributed by atoms with Crippen LogP contribution in [0.4, 0.5) is 0 Å². The van der Waals surface area contributed by atoms with E-state index in [9.17, 15) is 0 Å². The van der Waals surface area contributed by atoms with Crippen LogP contribution in [0.25, 0.3) is 0 Å². The minimum atomic E-state index is 0.246. The van der Waals surface area contributed by atoms with Crippen molar-refractivity contribution in [3.05, 3.63) is 0 Å². The maximum atomic E-state index is 5.67. The summed E-state index contributed by atoms with van der Waals surface area (Å²) in [6, 6.07) is 1.11. The van der Waals surface area contributed by atoms with Crippen LogP contribution in [0.3, 0.4) is 0 Å². The van der Waals surface area contributed by atoms with E-state index in [1.165, 1.54) is 32.1 Å². The molecule has 0 amide bonds. The molecule has 0 spiro atoms. The first kappa shape index (κ1) is 14.3. The van der Waals surface area contributed by atoms with Gasteiger partial charge in [0.2, 0.25) is 0 Å². The molecule has 106 valence electrons. The SMILES string of the molecule is CCOC1CC(NC(C)C2CCCCC2)C1OC. The van der Waals surface area contributed by atoms with Crippen molar-refractivity contribution in [1.82, 2.24) is 5.32 Å². The van der Waals surface area contributed by atoms with Gasteiger partial charge in [-0.05, 0) is 39.0 Å². The molecule has 0 radical (unpaired) electrons. The second kappa shape index (κ2) is 6.88. The molecule has 0 aliphatic heterocycles. The van der Waals surface area contributed by atoms with Crippen molar-refractivity contribution in [3.8, 4) is 0 Å². The number of ether oxygens (including phenoxy) is 2. The molecule has 4 atom stereocenters. The van der Waals surface area contributed by atoms with Crippen LogP contribution in [0, 0.1) is 5.92 Å². The Morgan fingerprint density at radius 1 is 1.22 bits per heavy atom. The molecule has 4 unspecified atom stereocenters. The molecule has 1 N–H and O–H groups in total. The average molecular weight is 255 g/mol. The minimum Gasteiger partial charge on any atom is -0.377 e. The standard InChI is InChI=1S/C15H29NO2/c1-4-18-14-10-13(15(14)17-3)16-11(2)12-8-6-5-7-9-12/h11-16H,4-10H2,1-3H3. The summed E-state index contributed by atoms with van der Waals surface area (Å²) in [4.78, 5) is 0. The van der Waals surface area contributed by atoms with Gasteiger partial charge in [0.05, 0.1) is 12.2 Å². The number of hydrogen-bond donors (Lipinski definition) is 1. The first-order valence-corrected chi connectivity index (χ1v) is 7.66. The molecule has 0 aromatic rings. The van der Waals surface area contributed by atoms with Gasteiger partial charge in [-0.2, -0.15) is 0 Å². The maximum Gasteiger partial charge on any atom is 0.0986 e. The molecule has 0 aromatic heterocycles. The lowest BCUT2D eigenvalue weighted by Crippen LogP contribution is -2.62. The summed E-state index contributed by atoms with van der Waals surface area (Å²) in [6.45, 7) is 5.18. The van der Waals surface area contributed by atoms with Gasteiger partial charge in [0.25, 0.3) is 0 Å². The van der Waals surface area contributed by atoms with Crippen molar-refractivity contribution in [1.29, 1.82) is 0 Å². The molecule has 2 rings (SSSR count). The van der Waals surface area contributed by atoms with Gasteiger partial charge >= 0.3 is 0 Å². The molecular formula is C15H29NO2. The Morgan fingerprint density at radius 3 is 2.56 bits per heavy atom. The molecule has 0 heterocycles. The highest BCUT2D eigenvalue weighted by Crippen LogP contribution is 2.31. The summed E-state index contributed by atoms with van der Waals surface area (Å²) in [7, 11) is 1.80. The molecule has 3 nitrogen and oxygen atoms in total. The first-order chi connectivity index (χ1) is 8.76. The van der Waals surface area contributed by atoms with Crippen LogP contribution in [0.1, 0.15) is 52.4 Å². The highest BCUT2D eigenvalue weighted by atomic mass is 16.5. The Hall–Kier alpha value is -0.120. The minimum absolute atomic E-state index is 0.246. The Morgan fingerprint density at radius 2 is 1.94 bits per heavy atom. The van der Waals surface area contributed by atoms with Crippen molar-refractivity contribution in [2.45, 2.75) is 76.7 Å². The predicted molar refractivity (Wildman–Crippen MR) is 73.8 cm³/mol. The van der Waals surface area contributed by atoms with Gasteiger partial charge in [0.1, 0.15) is 0 Å². The van der Waals surface area contributed by atoms with Gasteiger partial charge in [0, 0.05) is 25.8 Å². The number of methoxy groups -OCH3 is 1. The summed E-state index contributed by atoms with van der Waals surface area (Å²) < 4.78 is 11.2. The van der Waals surface area contributed by atoms with E-state index >= 15 is 0 Å². The van der Waals surface area contributed by atoms with Crippen molar-refractivity contribution in [3.63, 3.8) is 0 Å². The molecule has 2 aliphatic carbocycles. The molecule has 18 heavy (non-hydrogen) atoms. The zero-order valence-electron chi connectivity index (χ0n) is 12.2. The summed E-state index contributed by atoms with van der Waals surface area (Å²) in [5.74, 6) is 0.863. The predicted octanol–water partition coefficient (Wildman–Crippen LogP) is 2.74. The van der Waals surface area contributed by atoms with Crippen LogP contribution >= 0.6 is 0 Å². The third-order valence-electron chi connectivity index (χ3n) is 4.74. The zero-order valence-corrected chi connectivity index (χ0v) is 12.2. The fourth-order valence-electron chi connectivity index (χ4n) is 3.55. The average Bonchev–Trinajstić information content (AvgIpc) is 2.38. The molecule has 2 saturated carbocycles. The Labute approximate surface area is 112 Å². The normalized spacial score (nSPS) is 35.2. The number of nitrogens with one attached hydrogen (secondary N) is 1. The van der Waals surface area contributed by atoms with Crippen molar-refractivity contribution in [2.24, 2.45) is 5.92 Å². The van der Waals surface area contributed by atoms with Crippen molar-refractivity contribution >= 4 is 0 Å².